The van der Waals surface area contributed by atoms with Gasteiger partial charge in [-0.05, 0) is 30.5 Å². The highest BCUT2D eigenvalue weighted by Crippen LogP contribution is 2.24. The van der Waals surface area contributed by atoms with Crippen LogP contribution in [0.5, 0.6) is 6.01 Å². The molecule has 2 aromatic rings. The standard InChI is InChI=1S/C11H11N3O2S/c1-2-5-17-7-3-4-8-9(6-7)14-11(13-8)16-10(12)15/h2-6H,1H3,(H2,12,15)(H,13,14). The smallest absolute Gasteiger partial charge is 0.376 e. The summed E-state index contributed by atoms with van der Waals surface area (Å²) in [4.78, 5) is 18.6. The van der Waals surface area contributed by atoms with Crippen LogP contribution in [-0.4, -0.2) is 16.1 Å². The maximum atomic E-state index is 10.6. The molecule has 1 heterocycles. The van der Waals surface area contributed by atoms with Crippen LogP contribution in [0.25, 0.3) is 11.0 Å². The van der Waals surface area contributed by atoms with Crippen molar-refractivity contribution in [2.45, 2.75) is 11.8 Å². The van der Waals surface area contributed by atoms with E-state index in [1.165, 1.54) is 0 Å². The maximum absolute atomic E-state index is 10.6. The molecule has 0 fully saturated rings. The van der Waals surface area contributed by atoms with E-state index in [0.717, 1.165) is 15.9 Å². The first kappa shape index (κ1) is 11.5. The average Bonchev–Trinajstić information content (AvgIpc) is 2.66. The second kappa shape index (κ2) is 4.92. The lowest BCUT2D eigenvalue weighted by Crippen LogP contribution is -2.16. The van der Waals surface area contributed by atoms with Crippen LogP contribution in [0.4, 0.5) is 4.79 Å². The van der Waals surface area contributed by atoms with Crippen molar-refractivity contribution in [1.82, 2.24) is 9.97 Å². The highest BCUT2D eigenvalue weighted by molar-refractivity contribution is 8.02. The summed E-state index contributed by atoms with van der Waals surface area (Å²) in [6.07, 6.45) is 1.08. The molecule has 1 aromatic carbocycles. The van der Waals surface area contributed by atoms with E-state index >= 15 is 0 Å². The van der Waals surface area contributed by atoms with Gasteiger partial charge in [0.15, 0.2) is 0 Å². The fourth-order valence-electron chi connectivity index (χ4n) is 1.33. The van der Waals surface area contributed by atoms with Crippen LogP contribution in [0.1, 0.15) is 6.92 Å². The van der Waals surface area contributed by atoms with Crippen molar-refractivity contribution < 1.29 is 9.53 Å². The van der Waals surface area contributed by atoms with Gasteiger partial charge in [-0.3, -0.25) is 0 Å². The number of benzene rings is 1. The summed E-state index contributed by atoms with van der Waals surface area (Å²) in [5.74, 6) is 0. The molecule has 0 radical (unpaired) electrons. The Hall–Kier alpha value is -1.95. The zero-order valence-electron chi connectivity index (χ0n) is 9.14. The van der Waals surface area contributed by atoms with Crippen molar-refractivity contribution in [3.63, 3.8) is 0 Å². The number of nitrogens with one attached hydrogen (secondary N) is 1. The Balaban J connectivity index is 2.30. The van der Waals surface area contributed by atoms with E-state index in [9.17, 15) is 4.79 Å². The fraction of sp³-hybridized carbons (Fsp3) is 0.0909. The molecule has 1 amide bonds. The van der Waals surface area contributed by atoms with Crippen LogP contribution in [0.2, 0.25) is 0 Å². The number of hydrogen-bond acceptors (Lipinski definition) is 4. The number of H-pyrrole nitrogens is 1. The number of nitrogens with two attached hydrogens (primary N) is 1. The molecule has 0 bridgehead atoms. The molecule has 88 valence electrons. The molecule has 0 unspecified atom stereocenters. The first-order chi connectivity index (χ1) is 8.19. The van der Waals surface area contributed by atoms with Gasteiger partial charge in [0.1, 0.15) is 0 Å². The Bertz CT molecular complexity index is 577. The Labute approximate surface area is 102 Å². The van der Waals surface area contributed by atoms with Gasteiger partial charge >= 0.3 is 12.1 Å². The van der Waals surface area contributed by atoms with E-state index in [1.807, 2.05) is 36.6 Å². The molecule has 17 heavy (non-hydrogen) atoms. The number of carbonyl (C=O) groups excluding carboxylic acids is 1. The topological polar surface area (TPSA) is 81.0 Å². The zero-order valence-corrected chi connectivity index (χ0v) is 9.95. The first-order valence-electron chi connectivity index (χ1n) is 4.94. The molecule has 3 N–H and O–H groups in total. The molecule has 0 aliphatic heterocycles. The summed E-state index contributed by atoms with van der Waals surface area (Å²) in [5, 5.41) is 1.98. The summed E-state index contributed by atoms with van der Waals surface area (Å²) < 4.78 is 4.67. The number of carbonyl (C=O) groups is 1. The van der Waals surface area contributed by atoms with Crippen molar-refractivity contribution in [2.75, 3.05) is 0 Å². The predicted octanol–water partition coefficient (Wildman–Crippen LogP) is 2.65. The van der Waals surface area contributed by atoms with Gasteiger partial charge in [-0.1, -0.05) is 17.8 Å². The minimum Gasteiger partial charge on any atom is -0.376 e. The largest absolute Gasteiger partial charge is 0.412 e. The fourth-order valence-corrected chi connectivity index (χ4v) is 1.95. The normalized spacial score (nSPS) is 11.1. The monoisotopic (exact) mass is 249 g/mol. The van der Waals surface area contributed by atoms with Crippen LogP contribution in [0.3, 0.4) is 0 Å². The number of hydrogen-bond donors (Lipinski definition) is 2. The molecule has 0 aliphatic carbocycles. The SMILES string of the molecule is CC=CSc1ccc2[nH]c(OC(N)=O)nc2c1. The molecular weight excluding hydrogens is 238 g/mol. The Morgan fingerprint density at radius 1 is 1.59 bits per heavy atom. The highest BCUT2D eigenvalue weighted by atomic mass is 32.2. The Morgan fingerprint density at radius 3 is 3.12 bits per heavy atom. The van der Waals surface area contributed by atoms with E-state index in [0.29, 0.717) is 0 Å². The Morgan fingerprint density at radius 2 is 2.41 bits per heavy atom. The van der Waals surface area contributed by atoms with Crippen molar-refractivity contribution in [2.24, 2.45) is 5.73 Å². The lowest BCUT2D eigenvalue weighted by atomic mass is 10.3. The van der Waals surface area contributed by atoms with E-state index in [-0.39, 0.29) is 6.01 Å². The molecule has 5 nitrogen and oxygen atoms in total. The van der Waals surface area contributed by atoms with Crippen molar-refractivity contribution in [3.8, 4) is 6.01 Å². The second-order valence-electron chi connectivity index (χ2n) is 3.23. The molecule has 0 saturated heterocycles. The molecule has 0 aliphatic rings. The van der Waals surface area contributed by atoms with E-state index in [1.54, 1.807) is 11.8 Å². The third kappa shape index (κ3) is 2.79. The number of aromatic amines is 1. The molecule has 0 spiro atoms. The van der Waals surface area contributed by atoms with Crippen LogP contribution < -0.4 is 10.5 Å². The summed E-state index contributed by atoms with van der Waals surface area (Å²) in [7, 11) is 0. The Kier molecular flexibility index (Phi) is 3.34. The number of ether oxygens (including phenoxy) is 1. The second-order valence-corrected chi connectivity index (χ2v) is 4.21. The van der Waals surface area contributed by atoms with E-state index in [4.69, 9.17) is 5.73 Å². The number of primary amides is 1. The summed E-state index contributed by atoms with van der Waals surface area (Å²) in [6, 6.07) is 5.85. The van der Waals surface area contributed by atoms with E-state index in [2.05, 4.69) is 14.7 Å². The molecule has 1 aromatic heterocycles. The molecule has 0 atom stereocenters. The van der Waals surface area contributed by atoms with Crippen LogP contribution in [0, 0.1) is 0 Å². The number of amides is 1. The zero-order chi connectivity index (χ0) is 12.3. The quantitative estimate of drug-likeness (QED) is 0.819. The number of allylic oxidation sites excluding steroid dienone is 1. The number of thioether (sulfide) groups is 1. The average molecular weight is 249 g/mol. The van der Waals surface area contributed by atoms with Crippen LogP contribution in [-0.2, 0) is 0 Å². The van der Waals surface area contributed by atoms with Crippen molar-refractivity contribution >= 4 is 28.9 Å². The lowest BCUT2D eigenvalue weighted by Gasteiger charge is -1.94. The predicted molar refractivity (Wildman–Crippen MR) is 67.0 cm³/mol. The number of aromatic nitrogens is 2. The molecule has 6 heteroatoms. The minimum absolute atomic E-state index is 0.112. The summed E-state index contributed by atoms with van der Waals surface area (Å²) in [5.41, 5.74) is 6.44. The number of nitrogens with zero attached hydrogens (tertiary/aromatic N) is 1. The van der Waals surface area contributed by atoms with Crippen LogP contribution >= 0.6 is 11.8 Å². The van der Waals surface area contributed by atoms with Gasteiger partial charge in [-0.25, -0.2) is 4.79 Å². The van der Waals surface area contributed by atoms with Crippen LogP contribution in [0.15, 0.2) is 34.6 Å². The van der Waals surface area contributed by atoms with Gasteiger partial charge in [-0.15, -0.1) is 0 Å². The highest BCUT2D eigenvalue weighted by Gasteiger charge is 2.06. The summed E-state index contributed by atoms with van der Waals surface area (Å²) in [6.45, 7) is 1.96. The minimum atomic E-state index is -0.882. The van der Waals surface area contributed by atoms with Gasteiger partial charge in [0, 0.05) is 4.90 Å². The summed E-state index contributed by atoms with van der Waals surface area (Å²) >= 11 is 1.59. The third-order valence-electron chi connectivity index (χ3n) is 1.97. The van der Waals surface area contributed by atoms with E-state index < -0.39 is 6.09 Å². The number of imidazole rings is 1. The van der Waals surface area contributed by atoms with Crippen molar-refractivity contribution in [1.29, 1.82) is 0 Å². The molecule has 2 rings (SSSR count). The molecule has 0 saturated carbocycles. The lowest BCUT2D eigenvalue weighted by molar-refractivity contribution is 0.207. The van der Waals surface area contributed by atoms with Gasteiger partial charge < -0.3 is 15.5 Å². The number of fused-ring (bicyclic) bond motifs is 1. The first-order valence-corrected chi connectivity index (χ1v) is 5.82. The van der Waals surface area contributed by atoms with Gasteiger partial charge in [-0.2, -0.15) is 4.98 Å². The van der Waals surface area contributed by atoms with Crippen molar-refractivity contribution in [3.05, 3.63) is 29.7 Å². The van der Waals surface area contributed by atoms with Gasteiger partial charge in [0.05, 0.1) is 11.0 Å². The van der Waals surface area contributed by atoms with Gasteiger partial charge in [0.2, 0.25) is 0 Å². The third-order valence-corrected chi connectivity index (χ3v) is 2.90. The molecular formula is C11H11N3O2S. The number of rotatable bonds is 3. The maximum Gasteiger partial charge on any atom is 0.412 e. The van der Waals surface area contributed by atoms with Gasteiger partial charge in [0.25, 0.3) is 0 Å².